The highest BCUT2D eigenvalue weighted by molar-refractivity contribution is 7.19. The molecule has 0 spiro atoms. The Balaban J connectivity index is 1.93. The van der Waals surface area contributed by atoms with Crippen LogP contribution in [0.3, 0.4) is 0 Å². The summed E-state index contributed by atoms with van der Waals surface area (Å²) in [5.74, 6) is 2.24. The molecule has 1 aromatic carbocycles. The van der Waals surface area contributed by atoms with E-state index in [0.717, 1.165) is 33.5 Å². The summed E-state index contributed by atoms with van der Waals surface area (Å²) in [6, 6.07) is 7.90. The largest absolute Gasteiger partial charge is 0.490 e. The SMILES string of the molecule is C=CCOc1cccc(-c2nn3c(CC(C)C)nnc3s2)c1. The minimum absolute atomic E-state index is 0.493. The molecule has 114 valence electrons. The molecule has 2 heterocycles. The van der Waals surface area contributed by atoms with Crippen LogP contribution in [0.5, 0.6) is 5.75 Å². The zero-order valence-corrected chi connectivity index (χ0v) is 13.5. The Morgan fingerprint density at radius 3 is 3.00 bits per heavy atom. The number of hydrogen-bond donors (Lipinski definition) is 0. The lowest BCUT2D eigenvalue weighted by molar-refractivity contribution is 0.363. The number of nitrogens with zero attached hydrogens (tertiary/aromatic N) is 4. The number of ether oxygens (including phenoxy) is 1. The summed E-state index contributed by atoms with van der Waals surface area (Å²) in [7, 11) is 0. The number of hydrogen-bond acceptors (Lipinski definition) is 5. The molecule has 22 heavy (non-hydrogen) atoms. The molecule has 0 aliphatic carbocycles. The van der Waals surface area contributed by atoms with Crippen molar-refractivity contribution in [3.05, 3.63) is 42.7 Å². The number of aromatic nitrogens is 4. The lowest BCUT2D eigenvalue weighted by Gasteiger charge is -2.04. The molecule has 6 heteroatoms. The smallest absolute Gasteiger partial charge is 0.234 e. The average molecular weight is 314 g/mol. The molecule has 0 saturated carbocycles. The van der Waals surface area contributed by atoms with Gasteiger partial charge in [0.2, 0.25) is 4.96 Å². The molecular weight excluding hydrogens is 296 g/mol. The van der Waals surface area contributed by atoms with Gasteiger partial charge < -0.3 is 4.74 Å². The number of benzene rings is 1. The molecule has 5 nitrogen and oxygen atoms in total. The van der Waals surface area contributed by atoms with Gasteiger partial charge in [0.1, 0.15) is 17.4 Å². The van der Waals surface area contributed by atoms with Crippen molar-refractivity contribution in [2.75, 3.05) is 6.61 Å². The molecule has 2 aromatic heterocycles. The molecule has 0 aliphatic rings. The van der Waals surface area contributed by atoms with Crippen molar-refractivity contribution in [3.63, 3.8) is 0 Å². The second-order valence-electron chi connectivity index (χ2n) is 5.44. The zero-order chi connectivity index (χ0) is 15.5. The lowest BCUT2D eigenvalue weighted by atomic mass is 10.1. The van der Waals surface area contributed by atoms with Gasteiger partial charge in [0, 0.05) is 12.0 Å². The lowest BCUT2D eigenvalue weighted by Crippen LogP contribution is -2.01. The van der Waals surface area contributed by atoms with Crippen molar-refractivity contribution in [1.29, 1.82) is 0 Å². The third-order valence-corrected chi connectivity index (χ3v) is 4.04. The van der Waals surface area contributed by atoms with Crippen molar-refractivity contribution in [2.24, 2.45) is 5.92 Å². The Bertz CT molecular complexity index is 790. The Morgan fingerprint density at radius 1 is 1.36 bits per heavy atom. The van der Waals surface area contributed by atoms with Crippen LogP contribution in [0.25, 0.3) is 15.5 Å². The highest BCUT2D eigenvalue weighted by atomic mass is 32.1. The maximum absolute atomic E-state index is 5.57. The summed E-state index contributed by atoms with van der Waals surface area (Å²) in [4.78, 5) is 0.822. The molecule has 0 radical (unpaired) electrons. The van der Waals surface area contributed by atoms with Crippen LogP contribution in [0, 0.1) is 5.92 Å². The van der Waals surface area contributed by atoms with Crippen molar-refractivity contribution < 1.29 is 4.74 Å². The minimum atomic E-state index is 0.493. The van der Waals surface area contributed by atoms with E-state index in [1.165, 1.54) is 11.3 Å². The Kier molecular flexibility index (Phi) is 4.20. The van der Waals surface area contributed by atoms with Gasteiger partial charge >= 0.3 is 0 Å². The van der Waals surface area contributed by atoms with E-state index in [1.54, 1.807) is 6.08 Å². The van der Waals surface area contributed by atoms with Crippen LogP contribution in [-0.4, -0.2) is 26.4 Å². The highest BCUT2D eigenvalue weighted by Gasteiger charge is 2.14. The molecule has 0 aliphatic heterocycles. The van der Waals surface area contributed by atoms with Crippen molar-refractivity contribution >= 4 is 16.3 Å². The summed E-state index contributed by atoms with van der Waals surface area (Å²) < 4.78 is 7.42. The second kappa shape index (κ2) is 6.27. The topological polar surface area (TPSA) is 52.3 Å². The fourth-order valence-corrected chi connectivity index (χ4v) is 3.00. The van der Waals surface area contributed by atoms with Gasteiger partial charge in [0.25, 0.3) is 0 Å². The normalized spacial score (nSPS) is 11.2. The highest BCUT2D eigenvalue weighted by Crippen LogP contribution is 2.28. The van der Waals surface area contributed by atoms with Gasteiger partial charge in [0.15, 0.2) is 5.82 Å². The molecule has 0 unspecified atom stereocenters. The van der Waals surface area contributed by atoms with Crippen LogP contribution in [0.1, 0.15) is 19.7 Å². The molecule has 0 fully saturated rings. The van der Waals surface area contributed by atoms with E-state index in [-0.39, 0.29) is 0 Å². The van der Waals surface area contributed by atoms with Crippen LogP contribution in [0.15, 0.2) is 36.9 Å². The number of fused-ring (bicyclic) bond motifs is 1. The monoisotopic (exact) mass is 314 g/mol. The van der Waals surface area contributed by atoms with Crippen LogP contribution < -0.4 is 4.74 Å². The molecule has 0 saturated heterocycles. The molecular formula is C16H18N4OS. The quantitative estimate of drug-likeness (QED) is 0.652. The van der Waals surface area contributed by atoms with E-state index >= 15 is 0 Å². The van der Waals surface area contributed by atoms with Crippen LogP contribution >= 0.6 is 11.3 Å². The van der Waals surface area contributed by atoms with Gasteiger partial charge in [0.05, 0.1) is 0 Å². The first-order chi connectivity index (χ1) is 10.7. The minimum Gasteiger partial charge on any atom is -0.490 e. The summed E-state index contributed by atoms with van der Waals surface area (Å²) in [5.41, 5.74) is 1.02. The standard InChI is InChI=1S/C16H18N4OS/c1-4-8-21-13-7-5-6-12(10-13)15-19-20-14(9-11(2)3)17-18-16(20)22-15/h4-7,10-11H,1,8-9H2,2-3H3. The molecule has 0 N–H and O–H groups in total. The summed E-state index contributed by atoms with van der Waals surface area (Å²) in [6.45, 7) is 8.47. The van der Waals surface area contributed by atoms with E-state index in [0.29, 0.717) is 12.5 Å². The van der Waals surface area contributed by atoms with Gasteiger partial charge in [-0.25, -0.2) is 0 Å². The van der Waals surface area contributed by atoms with Crippen molar-refractivity contribution in [1.82, 2.24) is 19.8 Å². The fourth-order valence-electron chi connectivity index (χ4n) is 2.14. The molecule has 0 atom stereocenters. The van der Waals surface area contributed by atoms with Crippen LogP contribution in [-0.2, 0) is 6.42 Å². The van der Waals surface area contributed by atoms with Crippen LogP contribution in [0.4, 0.5) is 0 Å². The summed E-state index contributed by atoms with van der Waals surface area (Å²) >= 11 is 1.53. The molecule has 0 bridgehead atoms. The summed E-state index contributed by atoms with van der Waals surface area (Å²) in [6.07, 6.45) is 2.60. The summed E-state index contributed by atoms with van der Waals surface area (Å²) in [5, 5.41) is 14.0. The first-order valence-corrected chi connectivity index (χ1v) is 8.04. The first kappa shape index (κ1) is 14.7. The predicted octanol–water partition coefficient (Wildman–Crippen LogP) is 3.62. The maximum atomic E-state index is 5.57. The van der Waals surface area contributed by atoms with E-state index in [1.807, 2.05) is 28.8 Å². The van der Waals surface area contributed by atoms with Gasteiger partial charge in [-0.1, -0.05) is 50.0 Å². The van der Waals surface area contributed by atoms with Gasteiger partial charge in [-0.3, -0.25) is 0 Å². The first-order valence-electron chi connectivity index (χ1n) is 7.22. The predicted molar refractivity (Wildman–Crippen MR) is 88.3 cm³/mol. The Morgan fingerprint density at radius 2 is 2.23 bits per heavy atom. The maximum Gasteiger partial charge on any atom is 0.234 e. The van der Waals surface area contributed by atoms with Crippen molar-refractivity contribution in [3.8, 4) is 16.3 Å². The van der Waals surface area contributed by atoms with Crippen LogP contribution in [0.2, 0.25) is 0 Å². The van der Waals surface area contributed by atoms with Gasteiger partial charge in [-0.15, -0.1) is 10.2 Å². The molecule has 0 amide bonds. The average Bonchev–Trinajstić information content (AvgIpc) is 3.07. The third-order valence-electron chi connectivity index (χ3n) is 3.10. The Hall–Kier alpha value is -2.21. The molecule has 3 aromatic rings. The Labute approximate surface area is 133 Å². The van der Waals surface area contributed by atoms with E-state index < -0.39 is 0 Å². The third kappa shape index (κ3) is 3.01. The fraction of sp³-hybridized carbons (Fsp3) is 0.312. The van der Waals surface area contributed by atoms with E-state index in [9.17, 15) is 0 Å². The van der Waals surface area contributed by atoms with E-state index in [2.05, 4.69) is 35.7 Å². The second-order valence-corrected chi connectivity index (χ2v) is 6.40. The van der Waals surface area contributed by atoms with E-state index in [4.69, 9.17) is 4.74 Å². The number of rotatable bonds is 6. The van der Waals surface area contributed by atoms with Gasteiger partial charge in [-0.05, 0) is 18.1 Å². The van der Waals surface area contributed by atoms with Gasteiger partial charge in [-0.2, -0.15) is 9.61 Å². The zero-order valence-electron chi connectivity index (χ0n) is 12.7. The van der Waals surface area contributed by atoms with Crippen molar-refractivity contribution in [2.45, 2.75) is 20.3 Å². The molecule has 3 rings (SSSR count).